The van der Waals surface area contributed by atoms with Crippen molar-refractivity contribution < 1.29 is 0 Å². The van der Waals surface area contributed by atoms with Gasteiger partial charge in [0.05, 0.1) is 0 Å². The fourth-order valence-electron chi connectivity index (χ4n) is 2.73. The van der Waals surface area contributed by atoms with Crippen LogP contribution in [0.25, 0.3) is 0 Å². The molecule has 0 aromatic rings. The van der Waals surface area contributed by atoms with Crippen LogP contribution in [0.5, 0.6) is 0 Å². The van der Waals surface area contributed by atoms with Gasteiger partial charge in [-0.3, -0.25) is 0 Å². The van der Waals surface area contributed by atoms with E-state index in [1.807, 2.05) is 0 Å². The second-order valence-corrected chi connectivity index (χ2v) is 5.84. The lowest BCUT2D eigenvalue weighted by atomic mass is 9.70. The summed E-state index contributed by atoms with van der Waals surface area (Å²) in [6.07, 6.45) is 6.86. The van der Waals surface area contributed by atoms with E-state index in [2.05, 4.69) is 38.3 Å². The molecule has 1 rings (SSSR count). The monoisotopic (exact) mass is 243 g/mol. The molecule has 0 bridgehead atoms. The third kappa shape index (κ3) is 3.66. The lowest BCUT2D eigenvalue weighted by molar-refractivity contribution is 0.0826. The van der Waals surface area contributed by atoms with E-state index in [1.54, 1.807) is 0 Å². The quantitative estimate of drug-likeness (QED) is 0.634. The molecule has 0 spiro atoms. The van der Waals surface area contributed by atoms with Crippen molar-refractivity contribution in [2.45, 2.75) is 52.9 Å². The predicted octanol–water partition coefficient (Wildman–Crippen LogP) is 3.84. The van der Waals surface area contributed by atoms with Crippen LogP contribution < -0.4 is 0 Å². The lowest BCUT2D eigenvalue weighted by Crippen LogP contribution is -2.45. The number of hydrogen-bond acceptors (Lipinski definition) is 2. The molecule has 1 saturated carbocycles. The second kappa shape index (κ2) is 6.90. The molecule has 96 valence electrons. The summed E-state index contributed by atoms with van der Waals surface area (Å²) in [5, 5.41) is 0. The molecule has 0 amide bonds. The fraction of sp³-hybridized carbons (Fsp3) is 1.00. The van der Waals surface area contributed by atoms with E-state index >= 15 is 0 Å². The summed E-state index contributed by atoms with van der Waals surface area (Å²) >= 11 is 4.56. The van der Waals surface area contributed by atoms with Gasteiger partial charge in [0.1, 0.15) is 0 Å². The van der Waals surface area contributed by atoms with Gasteiger partial charge in [0, 0.05) is 13.1 Å². The van der Waals surface area contributed by atoms with Crippen molar-refractivity contribution in [1.82, 2.24) is 4.90 Å². The number of hydrogen-bond donors (Lipinski definition) is 1. The Bertz CT molecular complexity index is 180. The van der Waals surface area contributed by atoms with Gasteiger partial charge in [-0.15, -0.1) is 0 Å². The maximum Gasteiger partial charge on any atom is 0.00458 e. The van der Waals surface area contributed by atoms with Gasteiger partial charge in [0.2, 0.25) is 0 Å². The molecule has 1 aliphatic carbocycles. The summed E-state index contributed by atoms with van der Waals surface area (Å²) in [5.41, 5.74) is 0.561. The maximum absolute atomic E-state index is 4.56. The molecule has 0 N–H and O–H groups in total. The number of rotatable bonds is 8. The molecule has 0 saturated heterocycles. The summed E-state index contributed by atoms with van der Waals surface area (Å²) in [6, 6.07) is 0. The summed E-state index contributed by atoms with van der Waals surface area (Å²) in [4.78, 5) is 2.66. The van der Waals surface area contributed by atoms with Gasteiger partial charge in [-0.05, 0) is 36.5 Å². The Hall–Kier alpha value is 0.310. The summed E-state index contributed by atoms with van der Waals surface area (Å²) < 4.78 is 0. The molecular weight excluding hydrogens is 214 g/mol. The zero-order valence-electron chi connectivity index (χ0n) is 11.3. The molecule has 2 heteroatoms. The van der Waals surface area contributed by atoms with Crippen LogP contribution in [0.4, 0.5) is 0 Å². The second-order valence-electron chi connectivity index (χ2n) is 5.52. The Labute approximate surface area is 107 Å². The average molecular weight is 243 g/mol. The zero-order valence-corrected chi connectivity index (χ0v) is 12.2. The van der Waals surface area contributed by atoms with Gasteiger partial charge in [-0.1, -0.05) is 40.0 Å². The maximum atomic E-state index is 4.56. The smallest absolute Gasteiger partial charge is 0.00458 e. The zero-order chi connectivity index (χ0) is 12.0. The van der Waals surface area contributed by atoms with Gasteiger partial charge in [0.15, 0.2) is 0 Å². The van der Waals surface area contributed by atoms with Crippen LogP contribution in [-0.2, 0) is 0 Å². The van der Waals surface area contributed by atoms with Crippen LogP contribution in [0.1, 0.15) is 52.9 Å². The van der Waals surface area contributed by atoms with Gasteiger partial charge >= 0.3 is 0 Å². The van der Waals surface area contributed by atoms with E-state index < -0.39 is 0 Å². The highest BCUT2D eigenvalue weighted by molar-refractivity contribution is 7.80. The molecule has 1 aliphatic rings. The van der Waals surface area contributed by atoms with Gasteiger partial charge in [-0.25, -0.2) is 0 Å². The molecule has 0 heterocycles. The van der Waals surface area contributed by atoms with Gasteiger partial charge in [-0.2, -0.15) is 12.6 Å². The van der Waals surface area contributed by atoms with E-state index in [1.165, 1.54) is 51.7 Å². The predicted molar refractivity (Wildman–Crippen MR) is 76.3 cm³/mol. The number of thiol groups is 1. The van der Waals surface area contributed by atoms with Crippen LogP contribution in [-0.4, -0.2) is 30.3 Å². The highest BCUT2D eigenvalue weighted by Crippen LogP contribution is 2.42. The lowest BCUT2D eigenvalue weighted by Gasteiger charge is -2.44. The minimum atomic E-state index is 0.561. The highest BCUT2D eigenvalue weighted by atomic mass is 32.1. The van der Waals surface area contributed by atoms with E-state index in [0.29, 0.717) is 5.41 Å². The Kier molecular flexibility index (Phi) is 6.20. The molecule has 0 aliphatic heterocycles. The van der Waals surface area contributed by atoms with Crippen molar-refractivity contribution in [2.24, 2.45) is 11.3 Å². The van der Waals surface area contributed by atoms with Crippen LogP contribution in [0.15, 0.2) is 0 Å². The Morgan fingerprint density at radius 1 is 1.19 bits per heavy atom. The molecule has 16 heavy (non-hydrogen) atoms. The fourth-order valence-corrected chi connectivity index (χ4v) is 3.15. The highest BCUT2D eigenvalue weighted by Gasteiger charge is 2.36. The topological polar surface area (TPSA) is 3.24 Å². The molecule has 0 atom stereocenters. The van der Waals surface area contributed by atoms with E-state index in [4.69, 9.17) is 0 Å². The molecule has 1 fully saturated rings. The Morgan fingerprint density at radius 2 is 1.81 bits per heavy atom. The first kappa shape index (κ1) is 14.4. The molecule has 0 aromatic carbocycles. The van der Waals surface area contributed by atoms with Crippen molar-refractivity contribution in [3.63, 3.8) is 0 Å². The summed E-state index contributed by atoms with van der Waals surface area (Å²) in [7, 11) is 0. The van der Waals surface area contributed by atoms with Crippen LogP contribution in [0.2, 0.25) is 0 Å². The minimum absolute atomic E-state index is 0.561. The average Bonchev–Trinajstić information content (AvgIpc) is 2.28. The van der Waals surface area contributed by atoms with Crippen molar-refractivity contribution in [3.05, 3.63) is 0 Å². The van der Waals surface area contributed by atoms with Crippen LogP contribution >= 0.6 is 12.6 Å². The Morgan fingerprint density at radius 3 is 2.12 bits per heavy atom. The standard InChI is InChI=1S/C14H29NS/c1-4-13(5-2)10-15(6-3)11-14(12-16)8-7-9-14/h13,16H,4-12H2,1-3H3. The number of nitrogens with zero attached hydrogens (tertiary/aromatic N) is 1. The SMILES string of the molecule is CCC(CC)CN(CC)CC1(CS)CCC1. The minimum Gasteiger partial charge on any atom is -0.303 e. The first-order chi connectivity index (χ1) is 7.69. The first-order valence-electron chi connectivity index (χ1n) is 7.03. The van der Waals surface area contributed by atoms with E-state index in [0.717, 1.165) is 11.7 Å². The third-order valence-corrected chi connectivity index (χ3v) is 5.10. The van der Waals surface area contributed by atoms with Crippen molar-refractivity contribution >= 4 is 12.6 Å². The van der Waals surface area contributed by atoms with Crippen molar-refractivity contribution in [3.8, 4) is 0 Å². The van der Waals surface area contributed by atoms with E-state index in [9.17, 15) is 0 Å². The normalized spacial score (nSPS) is 19.1. The van der Waals surface area contributed by atoms with Crippen molar-refractivity contribution in [1.29, 1.82) is 0 Å². The first-order valence-corrected chi connectivity index (χ1v) is 7.66. The summed E-state index contributed by atoms with van der Waals surface area (Å²) in [5.74, 6) is 1.96. The van der Waals surface area contributed by atoms with Crippen LogP contribution in [0.3, 0.4) is 0 Å². The molecular formula is C14H29NS. The van der Waals surface area contributed by atoms with E-state index in [-0.39, 0.29) is 0 Å². The molecule has 0 radical (unpaired) electrons. The third-order valence-electron chi connectivity index (χ3n) is 4.43. The largest absolute Gasteiger partial charge is 0.303 e. The van der Waals surface area contributed by atoms with Crippen LogP contribution in [0, 0.1) is 11.3 Å². The van der Waals surface area contributed by atoms with Crippen molar-refractivity contribution in [2.75, 3.05) is 25.4 Å². The molecule has 0 unspecified atom stereocenters. The molecule has 1 nitrogen and oxygen atoms in total. The molecule has 0 aromatic heterocycles. The van der Waals surface area contributed by atoms with Gasteiger partial charge in [0.25, 0.3) is 0 Å². The van der Waals surface area contributed by atoms with Gasteiger partial charge < -0.3 is 4.90 Å². The Balaban J connectivity index is 2.41. The summed E-state index contributed by atoms with van der Waals surface area (Å²) in [6.45, 7) is 10.7.